The van der Waals surface area contributed by atoms with Crippen molar-refractivity contribution in [2.75, 3.05) is 19.7 Å². The molecule has 1 aliphatic rings. The van der Waals surface area contributed by atoms with Crippen molar-refractivity contribution in [2.24, 2.45) is 5.41 Å². The second-order valence-electron chi connectivity index (χ2n) is 8.71. The Hall–Kier alpha value is -2.50. The maximum absolute atomic E-state index is 14.1. The second-order valence-corrected chi connectivity index (χ2v) is 8.71. The summed E-state index contributed by atoms with van der Waals surface area (Å²) >= 11 is 0. The average molecular weight is 408 g/mol. The van der Waals surface area contributed by atoms with E-state index in [1.807, 2.05) is 36.7 Å². The van der Waals surface area contributed by atoms with Gasteiger partial charge in [0.2, 0.25) is 0 Å². The number of likely N-dealkylation sites (tertiary alicyclic amines) is 1. The quantitative estimate of drug-likeness (QED) is 0.657. The molecule has 3 aromatic rings. The van der Waals surface area contributed by atoms with Gasteiger partial charge in [-0.05, 0) is 87.0 Å². The summed E-state index contributed by atoms with van der Waals surface area (Å²) in [7, 11) is 0. The van der Waals surface area contributed by atoms with Crippen LogP contribution in [0.15, 0.2) is 54.6 Å². The van der Waals surface area contributed by atoms with Crippen LogP contribution in [-0.4, -0.2) is 39.5 Å². The average Bonchev–Trinajstić information content (AvgIpc) is 3.08. The minimum Gasteiger partial charge on any atom is -0.396 e. The number of halogens is 1. The molecule has 4 rings (SSSR count). The molecule has 0 radical (unpaired) electrons. The maximum atomic E-state index is 14.1. The molecule has 1 aromatic heterocycles. The van der Waals surface area contributed by atoms with Crippen molar-refractivity contribution < 1.29 is 9.50 Å². The van der Waals surface area contributed by atoms with E-state index in [-0.39, 0.29) is 17.8 Å². The van der Waals surface area contributed by atoms with E-state index in [1.54, 1.807) is 6.07 Å². The van der Waals surface area contributed by atoms with Crippen LogP contribution in [0.1, 0.15) is 35.4 Å². The molecule has 5 heteroatoms. The summed E-state index contributed by atoms with van der Waals surface area (Å²) in [5.41, 5.74) is 5.08. The third kappa shape index (κ3) is 4.47. The lowest BCUT2D eigenvalue weighted by Gasteiger charge is -2.41. The number of hydrogen-bond donors (Lipinski definition) is 1. The van der Waals surface area contributed by atoms with Gasteiger partial charge in [-0.2, -0.15) is 5.10 Å². The Balaban J connectivity index is 1.49. The van der Waals surface area contributed by atoms with Crippen LogP contribution in [0.25, 0.3) is 5.69 Å². The molecule has 4 nitrogen and oxygen atoms in total. The third-order valence-corrected chi connectivity index (χ3v) is 6.35. The number of aliphatic hydroxyl groups is 1. The van der Waals surface area contributed by atoms with Crippen molar-refractivity contribution in [3.8, 4) is 5.69 Å². The van der Waals surface area contributed by atoms with Crippen molar-refractivity contribution in [3.63, 3.8) is 0 Å². The van der Waals surface area contributed by atoms with E-state index in [0.717, 1.165) is 55.0 Å². The molecule has 1 aliphatic heterocycles. The predicted molar refractivity (Wildman–Crippen MR) is 117 cm³/mol. The van der Waals surface area contributed by atoms with Crippen molar-refractivity contribution in [1.82, 2.24) is 14.7 Å². The van der Waals surface area contributed by atoms with E-state index < -0.39 is 0 Å². The Labute approximate surface area is 178 Å². The van der Waals surface area contributed by atoms with Gasteiger partial charge in [-0.25, -0.2) is 9.07 Å². The minimum absolute atomic E-state index is 0.0711. The van der Waals surface area contributed by atoms with Gasteiger partial charge in [0, 0.05) is 18.8 Å². The zero-order valence-corrected chi connectivity index (χ0v) is 17.8. The summed E-state index contributed by atoms with van der Waals surface area (Å²) < 4.78 is 16.0. The van der Waals surface area contributed by atoms with Gasteiger partial charge in [-0.3, -0.25) is 4.90 Å². The molecule has 0 aliphatic carbocycles. The molecule has 0 amide bonds. The molecule has 0 atom stereocenters. The molecule has 1 saturated heterocycles. The van der Waals surface area contributed by atoms with E-state index >= 15 is 0 Å². The molecule has 2 aromatic carbocycles. The number of piperidine rings is 1. The second kappa shape index (κ2) is 8.70. The lowest BCUT2D eigenvalue weighted by molar-refractivity contribution is 0.0413. The molecule has 158 valence electrons. The van der Waals surface area contributed by atoms with Crippen molar-refractivity contribution >= 4 is 0 Å². The Morgan fingerprint density at radius 3 is 2.40 bits per heavy atom. The highest BCUT2D eigenvalue weighted by atomic mass is 19.1. The van der Waals surface area contributed by atoms with Gasteiger partial charge in [-0.1, -0.05) is 30.3 Å². The van der Waals surface area contributed by atoms with Gasteiger partial charge in [-0.15, -0.1) is 0 Å². The Kier molecular flexibility index (Phi) is 6.02. The highest BCUT2D eigenvalue weighted by Crippen LogP contribution is 2.35. The SMILES string of the molecule is Cc1cc(C)n(-c2ccc(F)cc2CN2CCC(CO)(Cc3ccccc3)CC2)n1. The third-order valence-electron chi connectivity index (χ3n) is 6.35. The fourth-order valence-corrected chi connectivity index (χ4v) is 4.61. The van der Waals surface area contributed by atoms with Crippen LogP contribution in [0.3, 0.4) is 0 Å². The number of aryl methyl sites for hydroxylation is 2. The zero-order chi connectivity index (χ0) is 21.1. The van der Waals surface area contributed by atoms with Gasteiger partial charge in [0.05, 0.1) is 11.4 Å². The first-order chi connectivity index (χ1) is 14.5. The Morgan fingerprint density at radius 2 is 1.77 bits per heavy atom. The van der Waals surface area contributed by atoms with Crippen LogP contribution >= 0.6 is 0 Å². The van der Waals surface area contributed by atoms with Gasteiger partial charge in [0.25, 0.3) is 0 Å². The first-order valence-corrected chi connectivity index (χ1v) is 10.7. The normalized spacial score (nSPS) is 16.7. The van der Waals surface area contributed by atoms with E-state index in [4.69, 9.17) is 0 Å². The first-order valence-electron chi connectivity index (χ1n) is 10.7. The molecule has 1 fully saturated rings. The highest BCUT2D eigenvalue weighted by Gasteiger charge is 2.34. The Morgan fingerprint density at radius 1 is 1.03 bits per heavy atom. The molecule has 1 N–H and O–H groups in total. The van der Waals surface area contributed by atoms with Gasteiger partial charge >= 0.3 is 0 Å². The van der Waals surface area contributed by atoms with Crippen LogP contribution in [-0.2, 0) is 13.0 Å². The molecule has 2 heterocycles. The Bertz CT molecular complexity index is 991. The largest absolute Gasteiger partial charge is 0.396 e. The van der Waals surface area contributed by atoms with Crippen LogP contribution in [0.2, 0.25) is 0 Å². The monoisotopic (exact) mass is 407 g/mol. The van der Waals surface area contributed by atoms with Crippen molar-refractivity contribution in [2.45, 2.75) is 39.7 Å². The molecular formula is C25H30FN3O. The van der Waals surface area contributed by atoms with Crippen molar-refractivity contribution in [1.29, 1.82) is 0 Å². The van der Waals surface area contributed by atoms with Gasteiger partial charge in [0.1, 0.15) is 5.82 Å². The van der Waals surface area contributed by atoms with Crippen LogP contribution in [0, 0.1) is 25.1 Å². The first kappa shape index (κ1) is 20.8. The number of benzene rings is 2. The minimum atomic E-state index is -0.221. The summed E-state index contributed by atoms with van der Waals surface area (Å²) in [4.78, 5) is 2.36. The molecule has 0 saturated carbocycles. The summed E-state index contributed by atoms with van der Waals surface area (Å²) in [5, 5.41) is 14.8. The van der Waals surface area contributed by atoms with E-state index in [9.17, 15) is 9.50 Å². The van der Waals surface area contributed by atoms with Crippen LogP contribution in [0.5, 0.6) is 0 Å². The molecular weight excluding hydrogens is 377 g/mol. The number of aromatic nitrogens is 2. The van der Waals surface area contributed by atoms with E-state index in [2.05, 4.69) is 34.3 Å². The predicted octanol–water partition coefficient (Wildman–Crippen LogP) is 4.45. The number of hydrogen-bond acceptors (Lipinski definition) is 3. The molecule has 0 spiro atoms. The maximum Gasteiger partial charge on any atom is 0.123 e. The number of rotatable bonds is 6. The number of nitrogens with zero attached hydrogens (tertiary/aromatic N) is 3. The smallest absolute Gasteiger partial charge is 0.123 e. The van der Waals surface area contributed by atoms with Crippen LogP contribution < -0.4 is 0 Å². The topological polar surface area (TPSA) is 41.3 Å². The van der Waals surface area contributed by atoms with Gasteiger partial charge in [0.15, 0.2) is 0 Å². The van der Waals surface area contributed by atoms with Crippen LogP contribution in [0.4, 0.5) is 4.39 Å². The zero-order valence-electron chi connectivity index (χ0n) is 17.8. The summed E-state index contributed by atoms with van der Waals surface area (Å²) in [5.74, 6) is -0.221. The fraction of sp³-hybridized carbons (Fsp3) is 0.400. The van der Waals surface area contributed by atoms with Crippen molar-refractivity contribution in [3.05, 3.63) is 82.9 Å². The lowest BCUT2D eigenvalue weighted by Crippen LogP contribution is -2.43. The summed E-state index contributed by atoms with van der Waals surface area (Å²) in [6.07, 6.45) is 2.76. The fourth-order valence-electron chi connectivity index (χ4n) is 4.61. The standard InChI is InChI=1S/C25H30FN3O/c1-19-14-20(2)29(27-19)24-9-8-23(26)15-22(24)17-28-12-10-25(18-30,11-13-28)16-21-6-4-3-5-7-21/h3-9,14-15,30H,10-13,16-18H2,1-2H3. The molecule has 0 unspecified atom stereocenters. The summed E-state index contributed by atoms with van der Waals surface area (Å²) in [6.45, 7) is 6.65. The van der Waals surface area contributed by atoms with E-state index in [1.165, 1.54) is 11.6 Å². The number of aliphatic hydroxyl groups excluding tert-OH is 1. The van der Waals surface area contributed by atoms with E-state index in [0.29, 0.717) is 6.54 Å². The van der Waals surface area contributed by atoms with Gasteiger partial charge < -0.3 is 5.11 Å². The molecule has 30 heavy (non-hydrogen) atoms. The molecule has 0 bridgehead atoms. The lowest BCUT2D eigenvalue weighted by atomic mass is 9.74. The summed E-state index contributed by atoms with van der Waals surface area (Å²) in [6, 6.07) is 17.4. The highest BCUT2D eigenvalue weighted by molar-refractivity contribution is 5.42.